The molecule has 6 heteroatoms. The van der Waals surface area contributed by atoms with Gasteiger partial charge in [-0.2, -0.15) is 0 Å². The van der Waals surface area contributed by atoms with Crippen LogP contribution in [-0.2, 0) is 6.42 Å². The van der Waals surface area contributed by atoms with E-state index in [4.69, 9.17) is 4.99 Å². The Bertz CT molecular complexity index is 1660. The Labute approximate surface area is 214 Å². The fourth-order valence-corrected chi connectivity index (χ4v) is 6.38. The standard InChI is InChI=1S/C28H21IN2O2S/c1-16-6-9-19(10-7-16)26-21-12-11-18-4-2-3-5-20(18)25(21)30-28-31(26)27(33)24(34-28)15-17-8-13-23(32)22(29)14-17/h2-10,13-15,26,32H,11-12H2,1H3. The second-order valence-corrected chi connectivity index (χ2v) is 10.9. The molecule has 1 aromatic heterocycles. The molecule has 2 heterocycles. The van der Waals surface area contributed by atoms with Crippen molar-refractivity contribution in [3.63, 3.8) is 0 Å². The summed E-state index contributed by atoms with van der Waals surface area (Å²) in [6.45, 7) is 2.08. The molecular weight excluding hydrogens is 555 g/mol. The second-order valence-electron chi connectivity index (χ2n) is 8.74. The maximum atomic E-state index is 13.7. The largest absolute Gasteiger partial charge is 0.507 e. The SMILES string of the molecule is Cc1ccc(C2C3=C(N=c4sc(=Cc5ccc(O)c(I)c5)c(=O)n42)c2ccccc2CC3)cc1. The molecule has 0 bridgehead atoms. The molecule has 1 unspecified atom stereocenters. The number of phenolic OH excluding ortho intramolecular Hbond substituents is 1. The van der Waals surface area contributed by atoms with Gasteiger partial charge in [-0.05, 0) is 82.8 Å². The summed E-state index contributed by atoms with van der Waals surface area (Å²) in [5, 5.41) is 9.87. The normalized spacial score (nSPS) is 17.1. The van der Waals surface area contributed by atoms with Crippen molar-refractivity contribution < 1.29 is 5.11 Å². The molecule has 0 radical (unpaired) electrons. The molecular formula is C28H21IN2O2S. The van der Waals surface area contributed by atoms with Gasteiger partial charge >= 0.3 is 0 Å². The molecule has 0 saturated carbocycles. The molecule has 4 aromatic rings. The zero-order valence-electron chi connectivity index (χ0n) is 18.5. The summed E-state index contributed by atoms with van der Waals surface area (Å²) in [5.41, 5.74) is 7.87. The number of hydrogen-bond donors (Lipinski definition) is 1. The first-order valence-corrected chi connectivity index (χ1v) is 13.1. The Hall–Kier alpha value is -2.97. The summed E-state index contributed by atoms with van der Waals surface area (Å²) in [6.07, 6.45) is 3.73. The topological polar surface area (TPSA) is 54.6 Å². The molecule has 6 rings (SSSR count). The number of rotatable bonds is 2. The molecule has 168 valence electrons. The number of benzene rings is 3. The van der Waals surface area contributed by atoms with E-state index in [1.165, 1.54) is 33.6 Å². The Morgan fingerprint density at radius 1 is 1.09 bits per heavy atom. The molecule has 0 fully saturated rings. The van der Waals surface area contributed by atoms with Gasteiger partial charge in [-0.1, -0.05) is 71.5 Å². The van der Waals surface area contributed by atoms with E-state index in [1.807, 2.05) is 22.8 Å². The molecule has 34 heavy (non-hydrogen) atoms. The number of aromatic nitrogens is 1. The summed E-state index contributed by atoms with van der Waals surface area (Å²) in [7, 11) is 0. The van der Waals surface area contributed by atoms with E-state index >= 15 is 0 Å². The highest BCUT2D eigenvalue weighted by Crippen LogP contribution is 2.41. The molecule has 0 saturated heterocycles. The molecule has 3 aromatic carbocycles. The summed E-state index contributed by atoms with van der Waals surface area (Å²) in [6, 6.07) is 22.2. The molecule has 1 atom stereocenters. The highest BCUT2D eigenvalue weighted by molar-refractivity contribution is 14.1. The molecule has 4 nitrogen and oxygen atoms in total. The van der Waals surface area contributed by atoms with Crippen LogP contribution in [0.15, 0.2) is 82.1 Å². The predicted octanol–water partition coefficient (Wildman–Crippen LogP) is 4.94. The van der Waals surface area contributed by atoms with Crippen molar-refractivity contribution in [2.75, 3.05) is 0 Å². The minimum Gasteiger partial charge on any atom is -0.507 e. The minimum absolute atomic E-state index is 0.0252. The van der Waals surface area contributed by atoms with E-state index in [9.17, 15) is 9.90 Å². The molecule has 1 N–H and O–H groups in total. The second kappa shape index (κ2) is 8.36. The number of aryl methyl sites for hydroxylation is 2. The van der Waals surface area contributed by atoms with Gasteiger partial charge in [0, 0.05) is 5.56 Å². The maximum absolute atomic E-state index is 13.7. The average Bonchev–Trinajstić information content (AvgIpc) is 3.15. The van der Waals surface area contributed by atoms with Crippen LogP contribution in [0, 0.1) is 10.5 Å². The highest BCUT2D eigenvalue weighted by atomic mass is 127. The number of phenols is 1. The van der Waals surface area contributed by atoms with Crippen molar-refractivity contribution in [1.29, 1.82) is 0 Å². The van der Waals surface area contributed by atoms with Gasteiger partial charge in [-0.15, -0.1) is 0 Å². The Morgan fingerprint density at radius 2 is 1.88 bits per heavy atom. The molecule has 1 aliphatic carbocycles. The smallest absolute Gasteiger partial charge is 0.271 e. The Kier molecular flexibility index (Phi) is 5.30. The number of halogens is 1. The van der Waals surface area contributed by atoms with Gasteiger partial charge in [0.1, 0.15) is 5.75 Å². The summed E-state index contributed by atoms with van der Waals surface area (Å²) in [4.78, 5) is 19.5. The first kappa shape index (κ1) is 21.6. The predicted molar refractivity (Wildman–Crippen MR) is 145 cm³/mol. The van der Waals surface area contributed by atoms with Crippen molar-refractivity contribution in [1.82, 2.24) is 4.57 Å². The minimum atomic E-state index is -0.165. The van der Waals surface area contributed by atoms with Crippen LogP contribution in [0.25, 0.3) is 11.8 Å². The van der Waals surface area contributed by atoms with E-state index in [0.717, 1.165) is 38.0 Å². The van der Waals surface area contributed by atoms with Crippen molar-refractivity contribution >= 4 is 45.7 Å². The van der Waals surface area contributed by atoms with E-state index in [-0.39, 0.29) is 17.4 Å². The van der Waals surface area contributed by atoms with Crippen LogP contribution in [0.5, 0.6) is 5.75 Å². The first-order valence-electron chi connectivity index (χ1n) is 11.2. The van der Waals surface area contributed by atoms with Gasteiger partial charge in [0.15, 0.2) is 4.80 Å². The van der Waals surface area contributed by atoms with Crippen LogP contribution in [0.1, 0.15) is 40.3 Å². The van der Waals surface area contributed by atoms with Crippen molar-refractivity contribution in [3.8, 4) is 5.75 Å². The maximum Gasteiger partial charge on any atom is 0.271 e. The van der Waals surface area contributed by atoms with Gasteiger partial charge < -0.3 is 5.11 Å². The highest BCUT2D eigenvalue weighted by Gasteiger charge is 2.32. The van der Waals surface area contributed by atoms with E-state index in [0.29, 0.717) is 4.53 Å². The zero-order valence-corrected chi connectivity index (χ0v) is 21.4. The number of nitrogens with zero attached hydrogens (tertiary/aromatic N) is 2. The van der Waals surface area contributed by atoms with Crippen LogP contribution in [0.4, 0.5) is 0 Å². The third kappa shape index (κ3) is 3.56. The van der Waals surface area contributed by atoms with Crippen LogP contribution in [0.3, 0.4) is 0 Å². The van der Waals surface area contributed by atoms with Crippen LogP contribution >= 0.6 is 33.9 Å². The lowest BCUT2D eigenvalue weighted by Gasteiger charge is -2.30. The number of hydrogen-bond acceptors (Lipinski definition) is 4. The van der Waals surface area contributed by atoms with Crippen molar-refractivity contribution in [2.45, 2.75) is 25.8 Å². The molecule has 0 spiro atoms. The monoisotopic (exact) mass is 576 g/mol. The molecule has 2 aliphatic rings. The van der Waals surface area contributed by atoms with E-state index in [1.54, 1.807) is 6.07 Å². The first-order chi connectivity index (χ1) is 16.5. The van der Waals surface area contributed by atoms with Crippen LogP contribution < -0.4 is 14.9 Å². The van der Waals surface area contributed by atoms with Crippen LogP contribution in [0.2, 0.25) is 0 Å². The summed E-state index contributed by atoms with van der Waals surface area (Å²) in [5.74, 6) is 0.241. The van der Waals surface area contributed by atoms with E-state index in [2.05, 4.69) is 78.0 Å². The zero-order chi connectivity index (χ0) is 23.4. The fourth-order valence-electron chi connectivity index (χ4n) is 4.84. The van der Waals surface area contributed by atoms with Gasteiger partial charge in [-0.3, -0.25) is 9.36 Å². The van der Waals surface area contributed by atoms with Gasteiger partial charge in [0.25, 0.3) is 5.56 Å². The Morgan fingerprint density at radius 3 is 2.68 bits per heavy atom. The lowest BCUT2D eigenvalue weighted by molar-refractivity contribution is 0.471. The third-order valence-corrected chi connectivity index (χ3v) is 8.38. The molecule has 0 amide bonds. The van der Waals surface area contributed by atoms with Gasteiger partial charge in [0.2, 0.25) is 0 Å². The third-order valence-electron chi connectivity index (χ3n) is 6.54. The Balaban J connectivity index is 1.62. The lowest BCUT2D eigenvalue weighted by atomic mass is 9.83. The fraction of sp³-hybridized carbons (Fsp3) is 0.143. The average molecular weight is 576 g/mol. The van der Waals surface area contributed by atoms with E-state index < -0.39 is 0 Å². The summed E-state index contributed by atoms with van der Waals surface area (Å²) < 4.78 is 3.27. The number of fused-ring (bicyclic) bond motifs is 3. The van der Waals surface area contributed by atoms with Crippen molar-refractivity contribution in [3.05, 3.63) is 123 Å². The van der Waals surface area contributed by atoms with Crippen LogP contribution in [-0.4, -0.2) is 9.67 Å². The van der Waals surface area contributed by atoms with Gasteiger partial charge in [0.05, 0.1) is 19.8 Å². The lowest BCUT2D eigenvalue weighted by Crippen LogP contribution is -2.38. The number of allylic oxidation sites excluding steroid dienone is 1. The number of thiazole rings is 1. The van der Waals surface area contributed by atoms with Gasteiger partial charge in [-0.25, -0.2) is 4.99 Å². The number of aromatic hydroxyl groups is 1. The quantitative estimate of drug-likeness (QED) is 0.344. The summed E-state index contributed by atoms with van der Waals surface area (Å²) >= 11 is 3.53. The molecule has 1 aliphatic heterocycles. The van der Waals surface area contributed by atoms with Crippen molar-refractivity contribution in [2.24, 2.45) is 4.99 Å².